The van der Waals surface area contributed by atoms with Crippen LogP contribution in [0.4, 0.5) is 13.2 Å². The first-order valence-electron chi connectivity index (χ1n) is 9.41. The number of hydrogen-bond donors (Lipinski definition) is 0. The third kappa shape index (κ3) is 5.20. The van der Waals surface area contributed by atoms with Crippen LogP contribution in [0.1, 0.15) is 25.5 Å². The van der Waals surface area contributed by atoms with Gasteiger partial charge in [-0.15, -0.1) is 0 Å². The molecule has 0 N–H and O–H groups in total. The van der Waals surface area contributed by atoms with E-state index in [4.69, 9.17) is 9.47 Å². The Kier molecular flexibility index (Phi) is 6.33. The van der Waals surface area contributed by atoms with Gasteiger partial charge in [0.1, 0.15) is 17.6 Å². The third-order valence-electron chi connectivity index (χ3n) is 5.25. The second kappa shape index (κ2) is 8.64. The molecule has 1 unspecified atom stereocenters. The van der Waals surface area contributed by atoms with Crippen LogP contribution in [-0.2, 0) is 9.53 Å². The Balaban J connectivity index is 1.72. The Labute approximate surface area is 182 Å². The Morgan fingerprint density at radius 2 is 1.84 bits per heavy atom. The van der Waals surface area contributed by atoms with E-state index in [9.17, 15) is 23.2 Å². The Morgan fingerprint density at radius 3 is 2.45 bits per heavy atom. The monoisotopic (exact) mass is 449 g/mol. The molecule has 3 rings (SSSR count). The Hall–Kier alpha value is -2.98. The number of esters is 1. The first kappa shape index (κ1) is 22.7. The van der Waals surface area contributed by atoms with E-state index >= 15 is 0 Å². The number of carbonyl (C=O) groups excluding carboxylic acids is 1. The molecule has 1 aliphatic carbocycles. The van der Waals surface area contributed by atoms with Gasteiger partial charge in [-0.1, -0.05) is 44.2 Å². The quantitative estimate of drug-likeness (QED) is 0.355. The van der Waals surface area contributed by atoms with E-state index in [0.717, 1.165) is 0 Å². The van der Waals surface area contributed by atoms with Crippen molar-refractivity contribution in [1.82, 2.24) is 0 Å². The summed E-state index contributed by atoms with van der Waals surface area (Å²) in [6.45, 7) is 3.24. The van der Waals surface area contributed by atoms with E-state index in [1.165, 1.54) is 0 Å². The van der Waals surface area contributed by atoms with Gasteiger partial charge < -0.3 is 9.47 Å². The summed E-state index contributed by atoms with van der Waals surface area (Å²) in [5, 5.41) is 5.37. The van der Waals surface area contributed by atoms with E-state index in [-0.39, 0.29) is 0 Å². The highest BCUT2D eigenvalue weighted by molar-refractivity contribution is 6.23. The Morgan fingerprint density at radius 1 is 1.19 bits per heavy atom. The number of benzene rings is 2. The lowest BCUT2D eigenvalue weighted by Crippen LogP contribution is -2.14. The summed E-state index contributed by atoms with van der Waals surface area (Å²) >= 11 is 4.69. The standard InChI is InChI=1S/C23H19ClF3NO3/c1-22(2)17(12-19(25)23(24,26)27)20(22)21(29)31-18(13-28)14-7-6-10-16(11-14)30-15-8-4-3-5-9-15/h3-12,17-18,20H,1-2H3/b19-12-/t17-,18?,20-/m1/s1. The van der Waals surface area contributed by atoms with Gasteiger partial charge in [-0.2, -0.15) is 14.0 Å². The fourth-order valence-electron chi connectivity index (χ4n) is 3.42. The Bertz CT molecular complexity index is 1030. The van der Waals surface area contributed by atoms with Crippen molar-refractivity contribution in [2.75, 3.05) is 0 Å². The van der Waals surface area contributed by atoms with Crippen molar-refractivity contribution in [3.63, 3.8) is 0 Å². The van der Waals surface area contributed by atoms with Gasteiger partial charge in [0.25, 0.3) is 0 Å². The second-order valence-corrected chi connectivity index (χ2v) is 8.25. The first-order chi connectivity index (χ1) is 14.5. The number of hydrogen-bond acceptors (Lipinski definition) is 4. The van der Waals surface area contributed by atoms with Crippen molar-refractivity contribution in [2.24, 2.45) is 17.3 Å². The highest BCUT2D eigenvalue weighted by Gasteiger charge is 2.62. The molecule has 1 fully saturated rings. The molecule has 1 saturated carbocycles. The van der Waals surface area contributed by atoms with Crippen LogP contribution in [0, 0.1) is 28.6 Å². The minimum Gasteiger partial charge on any atom is -0.457 e. The van der Waals surface area contributed by atoms with E-state index in [1.54, 1.807) is 50.2 Å². The lowest BCUT2D eigenvalue weighted by molar-refractivity contribution is -0.149. The van der Waals surface area contributed by atoms with Crippen molar-refractivity contribution >= 4 is 17.6 Å². The zero-order valence-corrected chi connectivity index (χ0v) is 17.4. The second-order valence-electron chi connectivity index (χ2n) is 7.77. The van der Waals surface area contributed by atoms with Crippen molar-refractivity contribution in [3.8, 4) is 17.6 Å². The summed E-state index contributed by atoms with van der Waals surface area (Å²) in [5.74, 6) is -3.26. The summed E-state index contributed by atoms with van der Waals surface area (Å²) in [4.78, 5) is 12.6. The topological polar surface area (TPSA) is 59.3 Å². The number of halogens is 4. The molecule has 0 spiro atoms. The zero-order valence-electron chi connectivity index (χ0n) is 16.7. The molecule has 0 saturated heterocycles. The largest absolute Gasteiger partial charge is 0.457 e. The van der Waals surface area contributed by atoms with Gasteiger partial charge in [-0.3, -0.25) is 4.79 Å². The highest BCUT2D eigenvalue weighted by Crippen LogP contribution is 2.60. The predicted octanol–water partition coefficient (Wildman–Crippen LogP) is 6.54. The van der Waals surface area contributed by atoms with Gasteiger partial charge in [0.05, 0.1) is 5.92 Å². The van der Waals surface area contributed by atoms with Gasteiger partial charge in [-0.25, -0.2) is 4.39 Å². The molecule has 0 amide bonds. The summed E-state index contributed by atoms with van der Waals surface area (Å²) in [5.41, 5.74) is -0.428. The van der Waals surface area contributed by atoms with Crippen LogP contribution in [-0.4, -0.2) is 11.4 Å². The molecule has 0 aromatic heterocycles. The molecule has 0 aliphatic heterocycles. The summed E-state index contributed by atoms with van der Waals surface area (Å²) < 4.78 is 50.4. The molecular weight excluding hydrogens is 431 g/mol. The van der Waals surface area contributed by atoms with Crippen molar-refractivity contribution in [3.05, 3.63) is 72.1 Å². The van der Waals surface area contributed by atoms with Crippen LogP contribution in [0.3, 0.4) is 0 Å². The van der Waals surface area contributed by atoms with E-state index in [1.807, 2.05) is 24.3 Å². The number of ether oxygens (including phenoxy) is 2. The van der Waals surface area contributed by atoms with Crippen LogP contribution in [0.15, 0.2) is 66.5 Å². The predicted molar refractivity (Wildman–Crippen MR) is 108 cm³/mol. The lowest BCUT2D eigenvalue weighted by Gasteiger charge is -2.13. The summed E-state index contributed by atoms with van der Waals surface area (Å²) in [7, 11) is 0. The molecule has 0 bridgehead atoms. The number of allylic oxidation sites excluding steroid dienone is 2. The molecule has 2 aromatic rings. The maximum atomic E-state index is 13.6. The fraction of sp³-hybridized carbons (Fsp3) is 0.304. The van der Waals surface area contributed by atoms with Crippen LogP contribution in [0.2, 0.25) is 0 Å². The third-order valence-corrected chi connectivity index (χ3v) is 5.43. The minimum absolute atomic E-state index is 0.383. The molecule has 8 heteroatoms. The van der Waals surface area contributed by atoms with E-state index < -0.39 is 40.5 Å². The average molecular weight is 450 g/mol. The summed E-state index contributed by atoms with van der Waals surface area (Å²) in [6.07, 6.45) is -0.596. The number of nitrogens with zero attached hydrogens (tertiary/aromatic N) is 1. The van der Waals surface area contributed by atoms with E-state index in [0.29, 0.717) is 23.1 Å². The van der Waals surface area contributed by atoms with Crippen molar-refractivity contribution in [1.29, 1.82) is 5.26 Å². The van der Waals surface area contributed by atoms with Crippen molar-refractivity contribution < 1.29 is 27.4 Å². The van der Waals surface area contributed by atoms with Gasteiger partial charge in [0, 0.05) is 5.56 Å². The molecule has 2 aromatic carbocycles. The normalized spacial score (nSPS) is 21.0. The number of carbonyl (C=O) groups is 1. The maximum Gasteiger partial charge on any atom is 0.373 e. The van der Waals surface area contributed by atoms with E-state index in [2.05, 4.69) is 11.6 Å². The molecule has 4 nitrogen and oxygen atoms in total. The SMILES string of the molecule is CC1(C)[C@H](/C=C(\F)C(F)(F)Cl)[C@@H]1C(=O)OC(C#N)c1cccc(Oc2ccccc2)c1. The smallest absolute Gasteiger partial charge is 0.373 e. The summed E-state index contributed by atoms with van der Waals surface area (Å²) in [6, 6.07) is 17.4. The average Bonchev–Trinajstić information content (AvgIpc) is 3.26. The fourth-order valence-corrected chi connectivity index (χ4v) is 3.48. The zero-order chi connectivity index (χ0) is 22.8. The van der Waals surface area contributed by atoms with Gasteiger partial charge >= 0.3 is 11.4 Å². The molecular formula is C23H19ClF3NO3. The minimum atomic E-state index is -4.14. The lowest BCUT2D eigenvalue weighted by atomic mass is 10.1. The molecule has 0 radical (unpaired) electrons. The number of alkyl halides is 3. The van der Waals surface area contributed by atoms with Crippen LogP contribution < -0.4 is 4.74 Å². The maximum absolute atomic E-state index is 13.6. The molecule has 3 atom stereocenters. The number of nitriles is 1. The van der Waals surface area contributed by atoms with Crippen LogP contribution in [0.5, 0.6) is 11.5 Å². The number of rotatable bonds is 7. The van der Waals surface area contributed by atoms with Gasteiger partial charge in [-0.05, 0) is 53.3 Å². The highest BCUT2D eigenvalue weighted by atomic mass is 35.5. The number of para-hydroxylation sites is 1. The molecule has 162 valence electrons. The first-order valence-corrected chi connectivity index (χ1v) is 9.79. The molecule has 31 heavy (non-hydrogen) atoms. The van der Waals surface area contributed by atoms with Gasteiger partial charge in [0.15, 0.2) is 5.83 Å². The van der Waals surface area contributed by atoms with Crippen LogP contribution >= 0.6 is 11.6 Å². The molecule has 1 aliphatic rings. The van der Waals surface area contributed by atoms with Gasteiger partial charge in [0.2, 0.25) is 6.10 Å². The van der Waals surface area contributed by atoms with Crippen molar-refractivity contribution in [2.45, 2.75) is 25.3 Å². The molecule has 0 heterocycles. The van der Waals surface area contributed by atoms with Crippen LogP contribution in [0.25, 0.3) is 0 Å².